The molecule has 1 aromatic heterocycles. The first-order valence-corrected chi connectivity index (χ1v) is 8.10. The van der Waals surface area contributed by atoms with Crippen molar-refractivity contribution in [1.29, 1.82) is 10.5 Å². The van der Waals surface area contributed by atoms with Crippen molar-refractivity contribution in [2.45, 2.75) is 31.1 Å². The third-order valence-corrected chi connectivity index (χ3v) is 4.34. The Hall–Kier alpha value is -2.29. The lowest BCUT2D eigenvalue weighted by molar-refractivity contribution is -0.140. The molecule has 0 radical (unpaired) electrons. The molecule has 1 aromatic rings. The quantitative estimate of drug-likeness (QED) is 0.825. The van der Waals surface area contributed by atoms with Crippen LogP contribution in [-0.2, 0) is 9.53 Å². The van der Waals surface area contributed by atoms with E-state index in [1.54, 1.807) is 4.90 Å². The van der Waals surface area contributed by atoms with Crippen molar-refractivity contribution in [3.63, 3.8) is 0 Å². The zero-order valence-electron chi connectivity index (χ0n) is 12.9. The second-order valence-corrected chi connectivity index (χ2v) is 6.31. The number of anilines is 1. The van der Waals surface area contributed by atoms with Gasteiger partial charge in [-0.1, -0.05) is 11.8 Å². The number of hydrogen-bond donors (Lipinski definition) is 1. The monoisotopic (exact) mass is 331 g/mol. The van der Waals surface area contributed by atoms with Gasteiger partial charge in [0.1, 0.15) is 23.0 Å². The maximum Gasteiger partial charge on any atom is 0.233 e. The van der Waals surface area contributed by atoms with Crippen molar-refractivity contribution in [1.82, 2.24) is 9.88 Å². The molecular formula is C15H17N5O2S. The Labute approximate surface area is 139 Å². The van der Waals surface area contributed by atoms with Gasteiger partial charge in [-0.15, -0.1) is 0 Å². The lowest BCUT2D eigenvalue weighted by atomic mass is 10.2. The van der Waals surface area contributed by atoms with Crippen molar-refractivity contribution < 1.29 is 9.53 Å². The number of hydrogen-bond acceptors (Lipinski definition) is 7. The van der Waals surface area contributed by atoms with Crippen LogP contribution in [0.5, 0.6) is 0 Å². The molecule has 0 spiro atoms. The summed E-state index contributed by atoms with van der Waals surface area (Å²) < 4.78 is 5.60. The minimum Gasteiger partial charge on any atom is -0.383 e. The summed E-state index contributed by atoms with van der Waals surface area (Å²) in [6.45, 7) is 4.97. The molecule has 0 bridgehead atoms. The van der Waals surface area contributed by atoms with Crippen molar-refractivity contribution in [3.8, 4) is 12.1 Å². The fraction of sp³-hybridized carbons (Fsp3) is 0.467. The molecule has 8 heteroatoms. The number of nitrogens with two attached hydrogens (primary N) is 1. The Morgan fingerprint density at radius 1 is 1.39 bits per heavy atom. The number of rotatable bonds is 3. The molecule has 23 heavy (non-hydrogen) atoms. The van der Waals surface area contributed by atoms with Gasteiger partial charge >= 0.3 is 0 Å². The van der Waals surface area contributed by atoms with Crippen molar-refractivity contribution in [2.24, 2.45) is 0 Å². The second-order valence-electron chi connectivity index (χ2n) is 5.34. The first-order chi connectivity index (χ1) is 10.9. The van der Waals surface area contributed by atoms with E-state index in [9.17, 15) is 4.79 Å². The minimum absolute atomic E-state index is 0.00560. The van der Waals surface area contributed by atoms with Gasteiger partial charge in [-0.05, 0) is 19.9 Å². The van der Waals surface area contributed by atoms with E-state index < -0.39 is 0 Å². The van der Waals surface area contributed by atoms with E-state index in [1.165, 1.54) is 6.07 Å². The lowest BCUT2D eigenvalue weighted by Gasteiger charge is -2.35. The Morgan fingerprint density at radius 2 is 2.00 bits per heavy atom. The fourth-order valence-corrected chi connectivity index (χ4v) is 3.26. The van der Waals surface area contributed by atoms with Gasteiger partial charge in [0, 0.05) is 13.1 Å². The van der Waals surface area contributed by atoms with Gasteiger partial charge in [-0.2, -0.15) is 10.5 Å². The van der Waals surface area contributed by atoms with E-state index in [-0.39, 0.29) is 40.8 Å². The maximum atomic E-state index is 12.3. The number of aromatic nitrogens is 1. The predicted molar refractivity (Wildman–Crippen MR) is 85.4 cm³/mol. The number of ether oxygens (including phenoxy) is 1. The van der Waals surface area contributed by atoms with Crippen LogP contribution in [0.3, 0.4) is 0 Å². The third kappa shape index (κ3) is 4.13. The summed E-state index contributed by atoms with van der Waals surface area (Å²) in [6.07, 6.45) is 0.0112. The van der Waals surface area contributed by atoms with Gasteiger partial charge in [0.2, 0.25) is 5.91 Å². The van der Waals surface area contributed by atoms with Crippen LogP contribution in [0.1, 0.15) is 25.0 Å². The molecule has 0 unspecified atom stereocenters. The number of pyridine rings is 1. The topological polar surface area (TPSA) is 116 Å². The summed E-state index contributed by atoms with van der Waals surface area (Å²) in [6, 6.07) is 5.26. The molecular weight excluding hydrogens is 314 g/mol. The minimum atomic E-state index is -0.0365. The smallest absolute Gasteiger partial charge is 0.233 e. The third-order valence-electron chi connectivity index (χ3n) is 3.36. The standard InChI is InChI=1S/C15H17N5O2S/c1-9-6-20(7-10(2)22-9)13(21)8-23-15-12(5-17)3-11(4-16)14(18)19-15/h3,9-10H,6-8H2,1-2H3,(H2,18,19)/t9-,10+. The highest BCUT2D eigenvalue weighted by molar-refractivity contribution is 8.00. The molecule has 1 aliphatic rings. The van der Waals surface area contributed by atoms with Crippen LogP contribution < -0.4 is 5.73 Å². The molecule has 0 aromatic carbocycles. The van der Waals surface area contributed by atoms with E-state index in [0.29, 0.717) is 18.1 Å². The molecule has 1 saturated heterocycles. The van der Waals surface area contributed by atoms with Gasteiger partial charge < -0.3 is 15.4 Å². The molecule has 0 aliphatic carbocycles. The average molecular weight is 331 g/mol. The highest BCUT2D eigenvalue weighted by Gasteiger charge is 2.26. The van der Waals surface area contributed by atoms with E-state index in [2.05, 4.69) is 4.98 Å². The summed E-state index contributed by atoms with van der Waals surface area (Å²) in [5.74, 6) is 0.188. The highest BCUT2D eigenvalue weighted by Crippen LogP contribution is 2.24. The molecule has 0 saturated carbocycles. The second kappa shape index (κ2) is 7.32. The van der Waals surface area contributed by atoms with E-state index in [4.69, 9.17) is 21.0 Å². The van der Waals surface area contributed by atoms with Crippen molar-refractivity contribution >= 4 is 23.5 Å². The van der Waals surface area contributed by atoms with E-state index in [1.807, 2.05) is 26.0 Å². The summed E-state index contributed by atoms with van der Waals surface area (Å²) in [4.78, 5) is 18.1. The molecule has 2 rings (SSSR count). The number of nitrogen functional groups attached to an aromatic ring is 1. The Morgan fingerprint density at radius 3 is 2.57 bits per heavy atom. The van der Waals surface area contributed by atoms with E-state index in [0.717, 1.165) is 11.8 Å². The van der Waals surface area contributed by atoms with Gasteiger partial charge in [0.15, 0.2) is 0 Å². The van der Waals surface area contributed by atoms with Crippen LogP contribution in [0.4, 0.5) is 5.82 Å². The van der Waals surface area contributed by atoms with Gasteiger partial charge in [-0.25, -0.2) is 4.98 Å². The Balaban J connectivity index is 2.06. The lowest BCUT2D eigenvalue weighted by Crippen LogP contribution is -2.48. The molecule has 120 valence electrons. The molecule has 1 aliphatic heterocycles. The number of carbonyl (C=O) groups is 1. The number of carbonyl (C=O) groups excluding carboxylic acids is 1. The normalized spacial score (nSPS) is 20.6. The molecule has 2 N–H and O–H groups in total. The zero-order valence-corrected chi connectivity index (χ0v) is 13.8. The van der Waals surface area contributed by atoms with Gasteiger partial charge in [-0.3, -0.25) is 4.79 Å². The first-order valence-electron chi connectivity index (χ1n) is 7.11. The SMILES string of the molecule is C[C@@H]1CN(C(=O)CSc2nc(N)c(C#N)cc2C#N)C[C@H](C)O1. The van der Waals surface area contributed by atoms with Crippen molar-refractivity contribution in [3.05, 3.63) is 17.2 Å². The molecule has 1 amide bonds. The summed E-state index contributed by atoms with van der Waals surface area (Å²) >= 11 is 1.15. The summed E-state index contributed by atoms with van der Waals surface area (Å²) in [7, 11) is 0. The number of morpholine rings is 1. The van der Waals surface area contributed by atoms with Crippen LogP contribution >= 0.6 is 11.8 Å². The largest absolute Gasteiger partial charge is 0.383 e. The fourth-order valence-electron chi connectivity index (χ4n) is 2.39. The van der Waals surface area contributed by atoms with Crippen LogP contribution in [0, 0.1) is 22.7 Å². The van der Waals surface area contributed by atoms with Crippen LogP contribution in [-0.4, -0.2) is 46.8 Å². The summed E-state index contributed by atoms with van der Waals surface area (Å²) in [5.41, 5.74) is 6.08. The van der Waals surface area contributed by atoms with Crippen LogP contribution in [0.2, 0.25) is 0 Å². The van der Waals surface area contributed by atoms with Crippen LogP contribution in [0.15, 0.2) is 11.1 Å². The molecule has 7 nitrogen and oxygen atoms in total. The molecule has 2 heterocycles. The Kier molecular flexibility index (Phi) is 5.43. The Bertz CT molecular complexity index is 684. The first kappa shape index (κ1) is 17.1. The number of nitrogens with zero attached hydrogens (tertiary/aromatic N) is 4. The van der Waals surface area contributed by atoms with Gasteiger partial charge in [0.05, 0.1) is 29.1 Å². The molecule has 2 atom stereocenters. The number of nitriles is 2. The predicted octanol–water partition coefficient (Wildman–Crippen LogP) is 1.14. The average Bonchev–Trinajstić information content (AvgIpc) is 2.51. The summed E-state index contributed by atoms with van der Waals surface area (Å²) in [5, 5.41) is 18.4. The zero-order chi connectivity index (χ0) is 17.0. The van der Waals surface area contributed by atoms with Crippen LogP contribution in [0.25, 0.3) is 0 Å². The maximum absolute atomic E-state index is 12.3. The number of amides is 1. The highest BCUT2D eigenvalue weighted by atomic mass is 32.2. The molecule has 1 fully saturated rings. The number of thioether (sulfide) groups is 1. The van der Waals surface area contributed by atoms with Crippen molar-refractivity contribution in [2.75, 3.05) is 24.6 Å². The van der Waals surface area contributed by atoms with E-state index >= 15 is 0 Å². The van der Waals surface area contributed by atoms with Gasteiger partial charge in [0.25, 0.3) is 0 Å².